The molecule has 1 aromatic heterocycles. The fraction of sp³-hybridized carbons (Fsp3) is 0.0400. The van der Waals surface area contributed by atoms with E-state index in [2.05, 4.69) is 10.2 Å². The van der Waals surface area contributed by atoms with Crippen molar-refractivity contribution >= 4 is 41.4 Å². The second-order valence-corrected chi connectivity index (χ2v) is 8.59. The van der Waals surface area contributed by atoms with E-state index in [4.69, 9.17) is 25.9 Å². The number of halogens is 1. The zero-order valence-corrected chi connectivity index (χ0v) is 19.5. The summed E-state index contributed by atoms with van der Waals surface area (Å²) in [6.07, 6.45) is 1.49. The van der Waals surface area contributed by atoms with Crippen molar-refractivity contribution in [1.29, 1.82) is 0 Å². The van der Waals surface area contributed by atoms with Gasteiger partial charge in [0, 0.05) is 10.6 Å². The van der Waals surface area contributed by atoms with E-state index in [1.807, 2.05) is 0 Å². The summed E-state index contributed by atoms with van der Waals surface area (Å²) in [6, 6.07) is 20.1. The SMILES string of the molecule is O=C(O)/C(=C/c1ccc(OCc2cccc(C(=O)O)c2)cc1)Sc1nnc(-c2ccc(Cl)cc2)o1. The Kier molecular flexibility index (Phi) is 7.49. The highest BCUT2D eigenvalue weighted by molar-refractivity contribution is 8.03. The lowest BCUT2D eigenvalue weighted by Gasteiger charge is -2.07. The Morgan fingerprint density at radius 3 is 2.43 bits per heavy atom. The molecule has 10 heteroatoms. The number of benzene rings is 3. The highest BCUT2D eigenvalue weighted by atomic mass is 35.5. The number of carbonyl (C=O) groups is 2. The average Bonchev–Trinajstić information content (AvgIpc) is 3.32. The standard InChI is InChI=1S/C25H17ClN2O6S/c26-19-8-6-17(7-9-19)22-27-28-25(34-22)35-21(24(31)32)13-15-4-10-20(11-5-15)33-14-16-2-1-3-18(12-16)23(29)30/h1-13H,14H2,(H,29,30)(H,31,32)/b21-13-. The van der Waals surface area contributed by atoms with Crippen LogP contribution in [0.1, 0.15) is 21.5 Å². The number of carboxylic acid groups (broad SMARTS) is 2. The number of hydrogen-bond acceptors (Lipinski definition) is 7. The van der Waals surface area contributed by atoms with Gasteiger partial charge in [0.2, 0.25) is 5.89 Å². The predicted molar refractivity (Wildman–Crippen MR) is 130 cm³/mol. The minimum Gasteiger partial charge on any atom is -0.489 e. The van der Waals surface area contributed by atoms with Crippen LogP contribution in [0.2, 0.25) is 5.02 Å². The van der Waals surface area contributed by atoms with E-state index in [0.717, 1.165) is 17.3 Å². The maximum absolute atomic E-state index is 11.8. The van der Waals surface area contributed by atoms with Crippen molar-refractivity contribution in [2.75, 3.05) is 0 Å². The summed E-state index contributed by atoms with van der Waals surface area (Å²) in [5, 5.41) is 27.2. The molecule has 0 radical (unpaired) electrons. The normalized spacial score (nSPS) is 11.3. The van der Waals surface area contributed by atoms with Crippen molar-refractivity contribution in [2.24, 2.45) is 0 Å². The van der Waals surface area contributed by atoms with Gasteiger partial charge in [0.25, 0.3) is 5.22 Å². The summed E-state index contributed by atoms with van der Waals surface area (Å²) in [4.78, 5) is 22.8. The van der Waals surface area contributed by atoms with Crippen molar-refractivity contribution in [2.45, 2.75) is 11.8 Å². The highest BCUT2D eigenvalue weighted by Crippen LogP contribution is 2.30. The van der Waals surface area contributed by atoms with E-state index in [9.17, 15) is 14.7 Å². The molecule has 176 valence electrons. The van der Waals surface area contributed by atoms with Crippen LogP contribution in [-0.4, -0.2) is 32.3 Å². The summed E-state index contributed by atoms with van der Waals surface area (Å²) in [5.41, 5.74) is 2.20. The molecule has 2 N–H and O–H groups in total. The van der Waals surface area contributed by atoms with Crippen molar-refractivity contribution in [1.82, 2.24) is 10.2 Å². The maximum Gasteiger partial charge on any atom is 0.342 e. The van der Waals surface area contributed by atoms with Crippen LogP contribution < -0.4 is 4.74 Å². The molecular formula is C25H17ClN2O6S. The van der Waals surface area contributed by atoms with Crippen molar-refractivity contribution in [3.05, 3.63) is 99.4 Å². The minimum absolute atomic E-state index is 0.00420. The van der Waals surface area contributed by atoms with Crippen LogP contribution in [0.15, 0.2) is 87.3 Å². The van der Waals surface area contributed by atoms with Gasteiger partial charge in [0.1, 0.15) is 17.3 Å². The second-order valence-electron chi connectivity index (χ2n) is 7.16. The first-order valence-electron chi connectivity index (χ1n) is 10.1. The Balaban J connectivity index is 1.42. The molecule has 0 bridgehead atoms. The van der Waals surface area contributed by atoms with Gasteiger partial charge in [-0.1, -0.05) is 35.9 Å². The summed E-state index contributed by atoms with van der Waals surface area (Å²) in [6.45, 7) is 0.194. The number of aliphatic carboxylic acids is 1. The number of aromatic carboxylic acids is 1. The molecule has 0 aliphatic carbocycles. The number of ether oxygens (including phenoxy) is 1. The van der Waals surface area contributed by atoms with Crippen LogP contribution in [0.4, 0.5) is 0 Å². The van der Waals surface area contributed by atoms with E-state index in [-0.39, 0.29) is 28.2 Å². The van der Waals surface area contributed by atoms with Gasteiger partial charge >= 0.3 is 11.9 Å². The Labute approximate surface area is 208 Å². The van der Waals surface area contributed by atoms with Gasteiger partial charge in [-0.2, -0.15) is 0 Å². The first-order valence-corrected chi connectivity index (χ1v) is 11.3. The number of thioether (sulfide) groups is 1. The van der Waals surface area contributed by atoms with Crippen LogP contribution in [-0.2, 0) is 11.4 Å². The van der Waals surface area contributed by atoms with Crippen molar-refractivity contribution in [3.63, 3.8) is 0 Å². The van der Waals surface area contributed by atoms with E-state index in [0.29, 0.717) is 21.9 Å². The molecule has 0 unspecified atom stereocenters. The lowest BCUT2D eigenvalue weighted by Crippen LogP contribution is -2.00. The molecule has 8 nitrogen and oxygen atoms in total. The third-order valence-corrected chi connectivity index (χ3v) is 5.77. The van der Waals surface area contributed by atoms with E-state index < -0.39 is 11.9 Å². The van der Waals surface area contributed by atoms with Crippen molar-refractivity contribution in [3.8, 4) is 17.2 Å². The van der Waals surface area contributed by atoms with Gasteiger partial charge in [-0.25, -0.2) is 9.59 Å². The summed E-state index contributed by atoms with van der Waals surface area (Å²) in [7, 11) is 0. The van der Waals surface area contributed by atoms with E-state index in [1.165, 1.54) is 12.1 Å². The zero-order valence-electron chi connectivity index (χ0n) is 17.9. The molecule has 35 heavy (non-hydrogen) atoms. The fourth-order valence-corrected chi connectivity index (χ4v) is 3.76. The third-order valence-electron chi connectivity index (χ3n) is 4.66. The monoisotopic (exact) mass is 508 g/mol. The first-order chi connectivity index (χ1) is 16.9. The molecule has 4 aromatic rings. The molecule has 0 spiro atoms. The van der Waals surface area contributed by atoms with Crippen LogP contribution >= 0.6 is 23.4 Å². The largest absolute Gasteiger partial charge is 0.489 e. The first kappa shape index (κ1) is 24.1. The molecule has 0 atom stereocenters. The average molecular weight is 509 g/mol. The lowest BCUT2D eigenvalue weighted by molar-refractivity contribution is -0.131. The fourth-order valence-electron chi connectivity index (χ4n) is 2.96. The van der Waals surface area contributed by atoms with Gasteiger partial charge < -0.3 is 19.4 Å². The van der Waals surface area contributed by atoms with Crippen LogP contribution in [0.25, 0.3) is 17.5 Å². The Morgan fingerprint density at radius 2 is 1.74 bits per heavy atom. The predicted octanol–water partition coefficient (Wildman–Crippen LogP) is 5.89. The summed E-state index contributed by atoms with van der Waals surface area (Å²) >= 11 is 6.73. The molecule has 0 amide bonds. The molecular weight excluding hydrogens is 492 g/mol. The molecule has 0 saturated heterocycles. The summed E-state index contributed by atoms with van der Waals surface area (Å²) < 4.78 is 11.3. The topological polar surface area (TPSA) is 123 Å². The molecule has 0 fully saturated rings. The Morgan fingerprint density at radius 1 is 1.00 bits per heavy atom. The number of carboxylic acids is 2. The Hall–Kier alpha value is -4.08. The van der Waals surface area contributed by atoms with Gasteiger partial charge in [0.15, 0.2) is 0 Å². The quantitative estimate of drug-likeness (QED) is 0.210. The molecule has 1 heterocycles. The number of nitrogens with zero attached hydrogens (tertiary/aromatic N) is 2. The summed E-state index contributed by atoms with van der Waals surface area (Å²) in [5.74, 6) is -1.34. The van der Waals surface area contributed by atoms with Gasteiger partial charge in [-0.3, -0.25) is 0 Å². The number of hydrogen-bond donors (Lipinski definition) is 2. The molecule has 0 aliphatic heterocycles. The molecule has 4 rings (SSSR count). The molecule has 3 aromatic carbocycles. The van der Waals surface area contributed by atoms with Crippen molar-refractivity contribution < 1.29 is 29.0 Å². The molecule has 0 saturated carbocycles. The van der Waals surface area contributed by atoms with Gasteiger partial charge in [0.05, 0.1) is 5.56 Å². The highest BCUT2D eigenvalue weighted by Gasteiger charge is 2.16. The minimum atomic E-state index is -1.14. The smallest absolute Gasteiger partial charge is 0.342 e. The van der Waals surface area contributed by atoms with E-state index >= 15 is 0 Å². The number of aromatic nitrogens is 2. The maximum atomic E-state index is 11.8. The lowest BCUT2D eigenvalue weighted by atomic mass is 10.1. The van der Waals surface area contributed by atoms with Crippen LogP contribution in [0.3, 0.4) is 0 Å². The van der Waals surface area contributed by atoms with Crippen LogP contribution in [0.5, 0.6) is 5.75 Å². The molecule has 0 aliphatic rings. The van der Waals surface area contributed by atoms with E-state index in [1.54, 1.807) is 66.7 Å². The third kappa shape index (κ3) is 6.50. The Bertz CT molecular complexity index is 1380. The van der Waals surface area contributed by atoms with Gasteiger partial charge in [-0.05, 0) is 77.5 Å². The van der Waals surface area contributed by atoms with Crippen LogP contribution in [0, 0.1) is 0 Å². The van der Waals surface area contributed by atoms with Gasteiger partial charge in [-0.15, -0.1) is 10.2 Å². The second kappa shape index (κ2) is 10.9. The number of rotatable bonds is 9. The zero-order chi connectivity index (χ0) is 24.8.